The Bertz CT molecular complexity index is 241. The van der Waals surface area contributed by atoms with E-state index in [2.05, 4.69) is 23.8 Å². The molecule has 0 aromatic heterocycles. The maximum atomic E-state index is 6.32. The van der Waals surface area contributed by atoms with Gasteiger partial charge in [0.25, 0.3) is 0 Å². The van der Waals surface area contributed by atoms with Gasteiger partial charge >= 0.3 is 0 Å². The van der Waals surface area contributed by atoms with Crippen LogP contribution in [-0.4, -0.2) is 67.8 Å². The minimum Gasteiger partial charge on any atom is -0.379 e. The molecule has 2 aliphatic heterocycles. The number of ether oxygens (including phenoxy) is 1. The Balaban J connectivity index is 1.78. The van der Waals surface area contributed by atoms with Crippen LogP contribution in [0.25, 0.3) is 0 Å². The van der Waals surface area contributed by atoms with Crippen LogP contribution in [0.1, 0.15) is 26.2 Å². The molecule has 100 valence electrons. The Labute approximate surface area is 105 Å². The van der Waals surface area contributed by atoms with Gasteiger partial charge in [0, 0.05) is 25.7 Å². The average Bonchev–Trinajstić information content (AvgIpc) is 2.87. The molecule has 0 saturated carbocycles. The molecule has 0 spiro atoms. The third-order valence-electron chi connectivity index (χ3n) is 4.15. The summed E-state index contributed by atoms with van der Waals surface area (Å²) in [5, 5.41) is 0. The number of nitrogens with two attached hydrogens (primary N) is 1. The molecule has 2 saturated heterocycles. The predicted octanol–water partition coefficient (Wildman–Crippen LogP) is 0.520. The predicted molar refractivity (Wildman–Crippen MR) is 70.1 cm³/mol. The quantitative estimate of drug-likeness (QED) is 0.762. The normalized spacial score (nSPS) is 34.9. The van der Waals surface area contributed by atoms with Gasteiger partial charge in [0.05, 0.1) is 12.1 Å². The van der Waals surface area contributed by atoms with Crippen LogP contribution >= 0.6 is 0 Å². The standard InChI is InChI=1S/C13H27N3O/c1-3-16-7-4-5-12(16)9-15(2)10-13(14)6-8-17-11-13/h12H,3-11,14H2,1-2H3. The maximum absolute atomic E-state index is 6.32. The van der Waals surface area contributed by atoms with Crippen LogP contribution in [0.5, 0.6) is 0 Å². The molecule has 0 amide bonds. The molecule has 2 fully saturated rings. The minimum atomic E-state index is -0.107. The molecule has 0 aromatic rings. The summed E-state index contributed by atoms with van der Waals surface area (Å²) in [7, 11) is 2.19. The van der Waals surface area contributed by atoms with Gasteiger partial charge in [0.15, 0.2) is 0 Å². The molecule has 2 atom stereocenters. The second-order valence-corrected chi connectivity index (χ2v) is 5.79. The lowest BCUT2D eigenvalue weighted by atomic mass is 9.99. The molecule has 4 nitrogen and oxygen atoms in total. The summed E-state index contributed by atoms with van der Waals surface area (Å²) in [5.74, 6) is 0. The van der Waals surface area contributed by atoms with E-state index in [0.29, 0.717) is 0 Å². The number of likely N-dealkylation sites (N-methyl/N-ethyl adjacent to an activating group) is 2. The first-order valence-corrected chi connectivity index (χ1v) is 6.92. The summed E-state index contributed by atoms with van der Waals surface area (Å²) >= 11 is 0. The summed E-state index contributed by atoms with van der Waals surface area (Å²) in [6, 6.07) is 0.732. The molecule has 0 radical (unpaired) electrons. The number of hydrogen-bond acceptors (Lipinski definition) is 4. The van der Waals surface area contributed by atoms with Crippen molar-refractivity contribution >= 4 is 0 Å². The second kappa shape index (κ2) is 5.65. The minimum absolute atomic E-state index is 0.107. The van der Waals surface area contributed by atoms with E-state index in [0.717, 1.165) is 38.8 Å². The molecule has 2 aliphatic rings. The third kappa shape index (κ3) is 3.41. The van der Waals surface area contributed by atoms with Crippen LogP contribution in [-0.2, 0) is 4.74 Å². The van der Waals surface area contributed by atoms with Crippen molar-refractivity contribution < 1.29 is 4.74 Å². The van der Waals surface area contributed by atoms with Gasteiger partial charge in [-0.2, -0.15) is 0 Å². The van der Waals surface area contributed by atoms with Crippen LogP contribution in [0, 0.1) is 0 Å². The Morgan fingerprint density at radius 1 is 1.53 bits per heavy atom. The van der Waals surface area contributed by atoms with E-state index in [1.165, 1.54) is 25.9 Å². The first kappa shape index (κ1) is 13.3. The van der Waals surface area contributed by atoms with E-state index in [1.807, 2.05) is 0 Å². The molecule has 4 heteroatoms. The molecular weight excluding hydrogens is 214 g/mol. The van der Waals surface area contributed by atoms with Gasteiger partial charge in [-0.25, -0.2) is 0 Å². The fourth-order valence-corrected chi connectivity index (χ4v) is 3.23. The fraction of sp³-hybridized carbons (Fsp3) is 1.00. The van der Waals surface area contributed by atoms with Crippen molar-refractivity contribution in [2.24, 2.45) is 5.73 Å². The van der Waals surface area contributed by atoms with E-state index < -0.39 is 0 Å². The molecule has 0 bridgehead atoms. The third-order valence-corrected chi connectivity index (χ3v) is 4.15. The number of hydrogen-bond donors (Lipinski definition) is 1. The van der Waals surface area contributed by atoms with Crippen LogP contribution in [0.3, 0.4) is 0 Å². The SMILES string of the molecule is CCN1CCCC1CN(C)CC1(N)CCOC1. The fourth-order valence-electron chi connectivity index (χ4n) is 3.23. The van der Waals surface area contributed by atoms with Gasteiger partial charge in [-0.15, -0.1) is 0 Å². The van der Waals surface area contributed by atoms with Crippen LogP contribution in [0.15, 0.2) is 0 Å². The van der Waals surface area contributed by atoms with Crippen molar-refractivity contribution in [2.45, 2.75) is 37.8 Å². The molecule has 2 N–H and O–H groups in total. The molecule has 0 aliphatic carbocycles. The van der Waals surface area contributed by atoms with Crippen LogP contribution < -0.4 is 5.73 Å². The van der Waals surface area contributed by atoms with Crippen molar-refractivity contribution in [1.82, 2.24) is 9.80 Å². The number of nitrogens with zero attached hydrogens (tertiary/aromatic N) is 2. The van der Waals surface area contributed by atoms with Gasteiger partial charge in [-0.05, 0) is 39.4 Å². The number of rotatable bonds is 5. The Hall–Kier alpha value is -0.160. The highest BCUT2D eigenvalue weighted by molar-refractivity contribution is 4.91. The van der Waals surface area contributed by atoms with Crippen LogP contribution in [0.2, 0.25) is 0 Å². The molecular formula is C13H27N3O. The molecule has 0 aromatic carbocycles. The monoisotopic (exact) mass is 241 g/mol. The highest BCUT2D eigenvalue weighted by atomic mass is 16.5. The van der Waals surface area contributed by atoms with Gasteiger partial charge < -0.3 is 15.4 Å². The average molecular weight is 241 g/mol. The summed E-state index contributed by atoms with van der Waals surface area (Å²) in [5.41, 5.74) is 6.21. The Kier molecular flexibility index (Phi) is 4.42. The van der Waals surface area contributed by atoms with Gasteiger partial charge in [0.2, 0.25) is 0 Å². The summed E-state index contributed by atoms with van der Waals surface area (Å²) in [6.45, 7) is 8.36. The van der Waals surface area contributed by atoms with Crippen molar-refractivity contribution in [2.75, 3.05) is 46.4 Å². The molecule has 17 heavy (non-hydrogen) atoms. The summed E-state index contributed by atoms with van der Waals surface area (Å²) < 4.78 is 5.41. The Morgan fingerprint density at radius 2 is 2.35 bits per heavy atom. The highest BCUT2D eigenvalue weighted by Crippen LogP contribution is 2.20. The zero-order valence-electron chi connectivity index (χ0n) is 11.3. The zero-order valence-corrected chi connectivity index (χ0v) is 11.3. The van der Waals surface area contributed by atoms with Gasteiger partial charge in [-0.3, -0.25) is 4.90 Å². The van der Waals surface area contributed by atoms with E-state index >= 15 is 0 Å². The highest BCUT2D eigenvalue weighted by Gasteiger charge is 2.33. The molecule has 2 heterocycles. The lowest BCUT2D eigenvalue weighted by molar-refractivity contribution is 0.145. The van der Waals surface area contributed by atoms with Crippen LogP contribution in [0.4, 0.5) is 0 Å². The van der Waals surface area contributed by atoms with Crippen molar-refractivity contribution in [1.29, 1.82) is 0 Å². The Morgan fingerprint density at radius 3 is 3.00 bits per heavy atom. The van der Waals surface area contributed by atoms with E-state index in [1.54, 1.807) is 0 Å². The first-order chi connectivity index (χ1) is 8.13. The van der Waals surface area contributed by atoms with E-state index in [-0.39, 0.29) is 5.54 Å². The summed E-state index contributed by atoms with van der Waals surface area (Å²) in [4.78, 5) is 4.98. The van der Waals surface area contributed by atoms with Crippen molar-refractivity contribution in [3.05, 3.63) is 0 Å². The van der Waals surface area contributed by atoms with Gasteiger partial charge in [0.1, 0.15) is 0 Å². The maximum Gasteiger partial charge on any atom is 0.0659 e. The number of likely N-dealkylation sites (tertiary alicyclic amines) is 1. The smallest absolute Gasteiger partial charge is 0.0659 e. The van der Waals surface area contributed by atoms with Crippen molar-refractivity contribution in [3.63, 3.8) is 0 Å². The lowest BCUT2D eigenvalue weighted by Crippen LogP contribution is -2.52. The largest absolute Gasteiger partial charge is 0.379 e. The second-order valence-electron chi connectivity index (χ2n) is 5.79. The molecule has 2 unspecified atom stereocenters. The summed E-state index contributed by atoms with van der Waals surface area (Å²) in [6.07, 6.45) is 3.69. The van der Waals surface area contributed by atoms with Crippen molar-refractivity contribution in [3.8, 4) is 0 Å². The van der Waals surface area contributed by atoms with Gasteiger partial charge in [-0.1, -0.05) is 6.92 Å². The van der Waals surface area contributed by atoms with E-state index in [4.69, 9.17) is 10.5 Å². The topological polar surface area (TPSA) is 41.7 Å². The van der Waals surface area contributed by atoms with E-state index in [9.17, 15) is 0 Å². The zero-order chi connectivity index (χ0) is 12.3. The lowest BCUT2D eigenvalue weighted by Gasteiger charge is -2.32. The first-order valence-electron chi connectivity index (χ1n) is 6.92. The molecule has 2 rings (SSSR count).